The number of ether oxygens (including phenoxy) is 1. The largest absolute Gasteiger partial charge is 0.478 e. The highest BCUT2D eigenvalue weighted by molar-refractivity contribution is 5.94. The fourth-order valence-electron chi connectivity index (χ4n) is 3.41. The van der Waals surface area contributed by atoms with Crippen molar-refractivity contribution in [3.05, 3.63) is 59.9 Å². The van der Waals surface area contributed by atoms with E-state index < -0.39 is 5.97 Å². The summed E-state index contributed by atoms with van der Waals surface area (Å²) in [6, 6.07) is 13.4. The van der Waals surface area contributed by atoms with E-state index in [-0.39, 0.29) is 11.4 Å². The number of hydrogen-bond acceptors (Lipinski definition) is 4. The molecule has 1 saturated heterocycles. The minimum absolute atomic E-state index is 0.211. The third-order valence-electron chi connectivity index (χ3n) is 5.07. The molecule has 0 radical (unpaired) electrons. The maximum Gasteiger partial charge on any atom is 0.335 e. The summed E-state index contributed by atoms with van der Waals surface area (Å²) >= 11 is 0. The number of hydrogen-bond donors (Lipinski definition) is 2. The number of anilines is 2. The lowest BCUT2D eigenvalue weighted by Crippen LogP contribution is -2.51. The highest BCUT2D eigenvalue weighted by Gasteiger charge is 2.22. The molecule has 2 N–H and O–H groups in total. The van der Waals surface area contributed by atoms with E-state index >= 15 is 0 Å². The van der Waals surface area contributed by atoms with Crippen LogP contribution in [0.5, 0.6) is 0 Å². The predicted molar refractivity (Wildman–Crippen MR) is 121 cm³/mol. The van der Waals surface area contributed by atoms with Crippen LogP contribution in [0, 0.1) is 5.82 Å². The van der Waals surface area contributed by atoms with Gasteiger partial charge in [0.25, 0.3) is 0 Å². The Morgan fingerprint density at radius 3 is 2.48 bits per heavy atom. The molecule has 1 aliphatic heterocycles. The maximum atomic E-state index is 14.1. The van der Waals surface area contributed by atoms with Crippen LogP contribution in [0.25, 0.3) is 0 Å². The molecule has 0 spiro atoms. The highest BCUT2D eigenvalue weighted by atomic mass is 19.1. The highest BCUT2D eigenvalue weighted by Crippen LogP contribution is 2.20. The van der Waals surface area contributed by atoms with E-state index in [1.54, 1.807) is 36.4 Å². The first-order valence-electron chi connectivity index (χ1n) is 10.6. The summed E-state index contributed by atoms with van der Waals surface area (Å²) in [6.07, 6.45) is 0.812. The van der Waals surface area contributed by atoms with Gasteiger partial charge in [-0.3, -0.25) is 4.99 Å². The van der Waals surface area contributed by atoms with Crippen molar-refractivity contribution in [1.82, 2.24) is 4.90 Å². The molecule has 2 aromatic carbocycles. The smallest absolute Gasteiger partial charge is 0.335 e. The molecule has 166 valence electrons. The second-order valence-electron chi connectivity index (χ2n) is 7.19. The molecule has 0 atom stereocenters. The van der Waals surface area contributed by atoms with Crippen molar-refractivity contribution in [1.29, 1.82) is 0 Å². The first kappa shape index (κ1) is 22.6. The third-order valence-corrected chi connectivity index (χ3v) is 5.07. The van der Waals surface area contributed by atoms with E-state index in [4.69, 9.17) is 14.8 Å². The van der Waals surface area contributed by atoms with Gasteiger partial charge in [0, 0.05) is 51.6 Å². The lowest BCUT2D eigenvalue weighted by Gasteiger charge is -2.37. The van der Waals surface area contributed by atoms with Gasteiger partial charge in [0.2, 0.25) is 0 Å². The van der Waals surface area contributed by atoms with Crippen molar-refractivity contribution < 1.29 is 19.0 Å². The molecule has 1 heterocycles. The van der Waals surface area contributed by atoms with Crippen LogP contribution in [0.4, 0.5) is 15.8 Å². The summed E-state index contributed by atoms with van der Waals surface area (Å²) in [5.74, 6) is -0.439. The standard InChI is InChI=1S/C23H29FN4O3/c1-2-31-17-5-12-25-23(26-19-10-8-18(9-11-19)22(29)30)28-15-13-27(14-16-28)21-7-4-3-6-20(21)24/h3-4,6-11H,2,5,12-17H2,1H3,(H,25,26)(H,29,30). The molecule has 0 amide bonds. The van der Waals surface area contributed by atoms with Gasteiger partial charge in [-0.15, -0.1) is 0 Å². The topological polar surface area (TPSA) is 77.4 Å². The zero-order chi connectivity index (χ0) is 22.1. The third kappa shape index (κ3) is 6.42. The number of benzene rings is 2. The molecule has 1 aliphatic rings. The number of carbonyl (C=O) groups is 1. The van der Waals surface area contributed by atoms with E-state index in [1.807, 2.05) is 17.9 Å². The number of carboxylic acid groups (broad SMARTS) is 1. The molecule has 2 aromatic rings. The van der Waals surface area contributed by atoms with Crippen molar-refractivity contribution in [2.24, 2.45) is 4.99 Å². The molecular weight excluding hydrogens is 399 g/mol. The fourth-order valence-corrected chi connectivity index (χ4v) is 3.41. The van der Waals surface area contributed by atoms with E-state index in [2.05, 4.69) is 10.2 Å². The molecule has 3 rings (SSSR count). The van der Waals surface area contributed by atoms with Crippen molar-refractivity contribution >= 4 is 23.3 Å². The summed E-state index contributed by atoms with van der Waals surface area (Å²) in [7, 11) is 0. The molecule has 31 heavy (non-hydrogen) atoms. The molecular formula is C23H29FN4O3. The van der Waals surface area contributed by atoms with Crippen LogP contribution in [0.2, 0.25) is 0 Å². The number of aliphatic imine (C=N–C) groups is 1. The molecule has 0 saturated carbocycles. The fraction of sp³-hybridized carbons (Fsp3) is 0.391. The van der Waals surface area contributed by atoms with Gasteiger partial charge in [0.05, 0.1) is 11.3 Å². The average Bonchev–Trinajstić information content (AvgIpc) is 2.79. The Morgan fingerprint density at radius 2 is 1.84 bits per heavy atom. The van der Waals surface area contributed by atoms with Crippen LogP contribution < -0.4 is 10.2 Å². The van der Waals surface area contributed by atoms with Crippen LogP contribution in [0.15, 0.2) is 53.5 Å². The monoisotopic (exact) mass is 428 g/mol. The molecule has 0 aromatic heterocycles. The average molecular weight is 429 g/mol. The molecule has 7 nitrogen and oxygen atoms in total. The number of aromatic carboxylic acids is 1. The first-order chi connectivity index (χ1) is 15.1. The maximum absolute atomic E-state index is 14.1. The van der Waals surface area contributed by atoms with Crippen molar-refractivity contribution in [2.45, 2.75) is 13.3 Å². The van der Waals surface area contributed by atoms with Gasteiger partial charge in [-0.1, -0.05) is 12.1 Å². The summed E-state index contributed by atoms with van der Waals surface area (Å²) < 4.78 is 19.5. The Hall–Kier alpha value is -3.13. The van der Waals surface area contributed by atoms with Gasteiger partial charge in [-0.2, -0.15) is 0 Å². The van der Waals surface area contributed by atoms with Crippen molar-refractivity contribution in [3.8, 4) is 0 Å². The van der Waals surface area contributed by atoms with Gasteiger partial charge in [0.1, 0.15) is 5.82 Å². The van der Waals surface area contributed by atoms with Crippen LogP contribution >= 0.6 is 0 Å². The Balaban J connectivity index is 1.67. The number of guanidine groups is 1. The molecule has 8 heteroatoms. The quantitative estimate of drug-likeness (QED) is 0.381. The van der Waals surface area contributed by atoms with E-state index in [0.717, 1.165) is 18.1 Å². The van der Waals surface area contributed by atoms with Crippen molar-refractivity contribution in [2.75, 3.05) is 56.2 Å². The minimum Gasteiger partial charge on any atom is -0.478 e. The first-order valence-corrected chi connectivity index (χ1v) is 10.6. The number of halogens is 1. The van der Waals surface area contributed by atoms with E-state index in [0.29, 0.717) is 51.6 Å². The second kappa shape index (κ2) is 11.3. The second-order valence-corrected chi connectivity index (χ2v) is 7.19. The molecule has 0 unspecified atom stereocenters. The number of piperazine rings is 1. The lowest BCUT2D eigenvalue weighted by atomic mass is 10.2. The number of rotatable bonds is 8. The summed E-state index contributed by atoms with van der Waals surface area (Å²) in [5.41, 5.74) is 1.62. The summed E-state index contributed by atoms with van der Waals surface area (Å²) in [5, 5.41) is 12.4. The zero-order valence-corrected chi connectivity index (χ0v) is 17.8. The van der Waals surface area contributed by atoms with Crippen molar-refractivity contribution in [3.63, 3.8) is 0 Å². The van der Waals surface area contributed by atoms with E-state index in [1.165, 1.54) is 6.07 Å². The number of nitrogens with zero attached hydrogens (tertiary/aromatic N) is 3. The van der Waals surface area contributed by atoms with Gasteiger partial charge in [0.15, 0.2) is 5.96 Å². The summed E-state index contributed by atoms with van der Waals surface area (Å²) in [6.45, 7) is 6.66. The van der Waals surface area contributed by atoms with Gasteiger partial charge in [-0.25, -0.2) is 9.18 Å². The number of nitrogens with one attached hydrogen (secondary N) is 1. The Labute approximate surface area is 182 Å². The van der Waals surface area contributed by atoms with Crippen LogP contribution in [-0.2, 0) is 4.74 Å². The zero-order valence-electron chi connectivity index (χ0n) is 17.8. The number of para-hydroxylation sites is 1. The molecule has 1 fully saturated rings. The van der Waals surface area contributed by atoms with Gasteiger partial charge < -0.3 is 25.0 Å². The predicted octanol–water partition coefficient (Wildman–Crippen LogP) is 3.54. The van der Waals surface area contributed by atoms with Crippen LogP contribution in [0.3, 0.4) is 0 Å². The van der Waals surface area contributed by atoms with E-state index in [9.17, 15) is 9.18 Å². The van der Waals surface area contributed by atoms with Gasteiger partial charge >= 0.3 is 5.97 Å². The minimum atomic E-state index is -0.958. The molecule has 0 aliphatic carbocycles. The Kier molecular flexibility index (Phi) is 8.23. The Bertz CT molecular complexity index is 881. The number of carboxylic acids is 1. The van der Waals surface area contributed by atoms with Gasteiger partial charge in [-0.05, 0) is 49.7 Å². The Morgan fingerprint density at radius 1 is 1.13 bits per heavy atom. The van der Waals surface area contributed by atoms with Crippen LogP contribution in [0.1, 0.15) is 23.7 Å². The SMILES string of the molecule is CCOCCCN=C(Nc1ccc(C(=O)O)cc1)N1CCN(c2ccccc2F)CC1. The summed E-state index contributed by atoms with van der Waals surface area (Å²) in [4.78, 5) is 20.0. The normalized spacial score (nSPS) is 14.6. The molecule has 0 bridgehead atoms. The lowest BCUT2D eigenvalue weighted by molar-refractivity contribution is 0.0697. The van der Waals surface area contributed by atoms with Crippen LogP contribution in [-0.4, -0.2) is 67.9 Å².